The number of benzene rings is 2. The largest absolute Gasteiger partial charge is 0.466 e. The van der Waals surface area contributed by atoms with Crippen LogP contribution in [0.4, 0.5) is 13.2 Å². The molecule has 156 valence electrons. The Bertz CT molecular complexity index is 794. The summed E-state index contributed by atoms with van der Waals surface area (Å²) < 4.78 is 47.4. The average molecular weight is 407 g/mol. The maximum absolute atomic E-state index is 14.1. The van der Waals surface area contributed by atoms with Crippen molar-refractivity contribution in [3.63, 3.8) is 0 Å². The second kappa shape index (κ2) is 10.1. The Morgan fingerprint density at radius 1 is 0.966 bits per heavy atom. The summed E-state index contributed by atoms with van der Waals surface area (Å²) in [7, 11) is 0. The molecule has 2 unspecified atom stereocenters. The van der Waals surface area contributed by atoms with Gasteiger partial charge in [0, 0.05) is 12.1 Å². The van der Waals surface area contributed by atoms with E-state index in [2.05, 4.69) is 0 Å². The highest BCUT2D eigenvalue weighted by Gasteiger charge is 2.47. The van der Waals surface area contributed by atoms with Crippen molar-refractivity contribution in [3.05, 3.63) is 71.8 Å². The lowest BCUT2D eigenvalue weighted by Gasteiger charge is -2.35. The number of halogens is 3. The van der Waals surface area contributed by atoms with Crippen molar-refractivity contribution in [2.75, 3.05) is 13.2 Å². The second-order valence-corrected chi connectivity index (χ2v) is 6.54. The standard InChI is InChI=1S/C22H24F3NO3/c1-3-16(21(28)29-4-2)15-26(20(27)18-13-9-6-10-14-18)19(22(23,24)25)17-11-7-5-8-12-17/h5-14,16,19H,3-4,15H2,1-2H3. The van der Waals surface area contributed by atoms with Crippen molar-refractivity contribution < 1.29 is 27.5 Å². The van der Waals surface area contributed by atoms with E-state index < -0.39 is 36.6 Å². The van der Waals surface area contributed by atoms with Gasteiger partial charge in [0.25, 0.3) is 5.91 Å². The molecule has 0 saturated carbocycles. The van der Waals surface area contributed by atoms with Crippen LogP contribution >= 0.6 is 0 Å². The summed E-state index contributed by atoms with van der Waals surface area (Å²) in [5, 5.41) is 0. The van der Waals surface area contributed by atoms with Crippen molar-refractivity contribution in [1.82, 2.24) is 4.90 Å². The smallest absolute Gasteiger partial charge is 0.413 e. The third-order valence-electron chi connectivity index (χ3n) is 4.55. The van der Waals surface area contributed by atoms with E-state index in [4.69, 9.17) is 4.74 Å². The van der Waals surface area contributed by atoms with Crippen molar-refractivity contribution in [2.45, 2.75) is 32.5 Å². The first-order chi connectivity index (χ1) is 13.8. The number of alkyl halides is 3. The average Bonchev–Trinajstić information content (AvgIpc) is 2.71. The molecule has 2 rings (SSSR count). The number of carbonyl (C=O) groups excluding carboxylic acids is 2. The maximum atomic E-state index is 14.1. The zero-order chi connectivity index (χ0) is 21.4. The van der Waals surface area contributed by atoms with Gasteiger partial charge in [0.1, 0.15) is 0 Å². The molecule has 1 amide bonds. The lowest BCUT2D eigenvalue weighted by Crippen LogP contribution is -2.46. The third-order valence-corrected chi connectivity index (χ3v) is 4.55. The number of rotatable bonds is 8. The molecule has 0 aliphatic rings. The first-order valence-electron chi connectivity index (χ1n) is 9.43. The number of nitrogens with zero attached hydrogens (tertiary/aromatic N) is 1. The third kappa shape index (κ3) is 5.82. The van der Waals surface area contributed by atoms with Gasteiger partial charge >= 0.3 is 12.1 Å². The van der Waals surface area contributed by atoms with Crippen LogP contribution in [-0.2, 0) is 9.53 Å². The van der Waals surface area contributed by atoms with Crippen molar-refractivity contribution in [2.24, 2.45) is 5.92 Å². The van der Waals surface area contributed by atoms with Gasteiger partial charge in [-0.15, -0.1) is 0 Å². The highest BCUT2D eigenvalue weighted by atomic mass is 19.4. The molecule has 0 saturated heterocycles. The van der Waals surface area contributed by atoms with Gasteiger partial charge in [-0.25, -0.2) is 0 Å². The van der Waals surface area contributed by atoms with Gasteiger partial charge in [0.15, 0.2) is 6.04 Å². The SMILES string of the molecule is CCOC(=O)C(CC)CN(C(=O)c1ccccc1)C(c1ccccc1)C(F)(F)F. The lowest BCUT2D eigenvalue weighted by molar-refractivity contribution is -0.182. The van der Waals surface area contributed by atoms with Gasteiger partial charge in [0.2, 0.25) is 0 Å². The molecule has 2 aromatic rings. The fraction of sp³-hybridized carbons (Fsp3) is 0.364. The zero-order valence-electron chi connectivity index (χ0n) is 16.4. The summed E-state index contributed by atoms with van der Waals surface area (Å²) in [5.41, 5.74) is 0.0550. The van der Waals surface area contributed by atoms with Crippen LogP contribution in [0.3, 0.4) is 0 Å². The predicted octanol–water partition coefficient (Wildman–Crippen LogP) is 5.02. The molecule has 0 bridgehead atoms. The van der Waals surface area contributed by atoms with E-state index in [1.807, 2.05) is 0 Å². The highest BCUT2D eigenvalue weighted by Crippen LogP contribution is 2.39. The topological polar surface area (TPSA) is 46.6 Å². The Labute approximate surface area is 168 Å². The first kappa shape index (κ1) is 22.5. The minimum Gasteiger partial charge on any atom is -0.466 e. The fourth-order valence-electron chi connectivity index (χ4n) is 3.10. The molecule has 2 aromatic carbocycles. The molecule has 0 radical (unpaired) electrons. The van der Waals surface area contributed by atoms with E-state index in [0.717, 1.165) is 4.90 Å². The molecule has 4 nitrogen and oxygen atoms in total. The number of ether oxygens (including phenoxy) is 1. The monoisotopic (exact) mass is 407 g/mol. The van der Waals surface area contributed by atoms with Gasteiger partial charge < -0.3 is 9.64 Å². The quantitative estimate of drug-likeness (QED) is 0.577. The van der Waals surface area contributed by atoms with Crippen LogP contribution in [0.15, 0.2) is 60.7 Å². The first-order valence-corrected chi connectivity index (χ1v) is 9.43. The number of hydrogen-bond acceptors (Lipinski definition) is 3. The van der Waals surface area contributed by atoms with Crippen LogP contribution < -0.4 is 0 Å². The molecule has 7 heteroatoms. The number of hydrogen-bond donors (Lipinski definition) is 0. The number of esters is 1. The normalized spacial score (nSPS) is 13.4. The molecule has 0 N–H and O–H groups in total. The van der Waals surface area contributed by atoms with Crippen molar-refractivity contribution >= 4 is 11.9 Å². The molecule has 0 fully saturated rings. The van der Waals surface area contributed by atoms with Crippen LogP contribution in [0.1, 0.15) is 42.2 Å². The molecule has 2 atom stereocenters. The van der Waals surface area contributed by atoms with E-state index in [0.29, 0.717) is 0 Å². The summed E-state index contributed by atoms with van der Waals surface area (Å²) in [6, 6.07) is 12.8. The maximum Gasteiger partial charge on any atom is 0.413 e. The van der Waals surface area contributed by atoms with Crippen molar-refractivity contribution in [1.29, 1.82) is 0 Å². The highest BCUT2D eigenvalue weighted by molar-refractivity contribution is 5.94. The molecule has 0 heterocycles. The van der Waals surface area contributed by atoms with Gasteiger partial charge in [-0.1, -0.05) is 55.5 Å². The van der Waals surface area contributed by atoms with Gasteiger partial charge in [0.05, 0.1) is 12.5 Å². The molecular formula is C22H24F3NO3. The minimum absolute atomic E-state index is 0.0667. The summed E-state index contributed by atoms with van der Waals surface area (Å²) in [5.74, 6) is -2.27. The summed E-state index contributed by atoms with van der Waals surface area (Å²) in [6.07, 6.45) is -4.48. The van der Waals surface area contributed by atoms with Gasteiger partial charge in [-0.3, -0.25) is 9.59 Å². The minimum atomic E-state index is -4.72. The molecule has 0 aliphatic heterocycles. The lowest BCUT2D eigenvalue weighted by atomic mass is 9.99. The van der Waals surface area contributed by atoms with Crippen LogP contribution in [0, 0.1) is 5.92 Å². The molecule has 0 aromatic heterocycles. The van der Waals surface area contributed by atoms with E-state index in [1.54, 1.807) is 38.1 Å². The molecule has 0 aliphatic carbocycles. The van der Waals surface area contributed by atoms with E-state index in [9.17, 15) is 22.8 Å². The molecule has 0 spiro atoms. The fourth-order valence-corrected chi connectivity index (χ4v) is 3.10. The second-order valence-electron chi connectivity index (χ2n) is 6.54. The van der Waals surface area contributed by atoms with Crippen LogP contribution in [-0.4, -0.2) is 36.1 Å². The van der Waals surface area contributed by atoms with Crippen LogP contribution in [0.25, 0.3) is 0 Å². The molecular weight excluding hydrogens is 383 g/mol. The van der Waals surface area contributed by atoms with E-state index in [-0.39, 0.29) is 24.2 Å². The Morgan fingerprint density at radius 2 is 1.52 bits per heavy atom. The van der Waals surface area contributed by atoms with E-state index >= 15 is 0 Å². The Morgan fingerprint density at radius 3 is 2.00 bits per heavy atom. The summed E-state index contributed by atoms with van der Waals surface area (Å²) in [6.45, 7) is 3.02. The Balaban J connectivity index is 2.52. The van der Waals surface area contributed by atoms with Crippen LogP contribution in [0.5, 0.6) is 0 Å². The zero-order valence-corrected chi connectivity index (χ0v) is 16.4. The van der Waals surface area contributed by atoms with Gasteiger partial charge in [-0.05, 0) is 31.0 Å². The van der Waals surface area contributed by atoms with Gasteiger partial charge in [-0.2, -0.15) is 13.2 Å². The van der Waals surface area contributed by atoms with Crippen molar-refractivity contribution in [3.8, 4) is 0 Å². The van der Waals surface area contributed by atoms with Crippen LogP contribution in [0.2, 0.25) is 0 Å². The number of amides is 1. The number of carbonyl (C=O) groups is 2. The predicted molar refractivity (Wildman–Crippen MR) is 103 cm³/mol. The Kier molecular flexibility index (Phi) is 7.82. The summed E-state index contributed by atoms with van der Waals surface area (Å²) in [4.78, 5) is 26.1. The Hall–Kier alpha value is -2.83. The van der Waals surface area contributed by atoms with E-state index in [1.165, 1.54) is 36.4 Å². The summed E-state index contributed by atoms with van der Waals surface area (Å²) >= 11 is 0. The molecule has 29 heavy (non-hydrogen) atoms.